The number of esters is 1. The summed E-state index contributed by atoms with van der Waals surface area (Å²) in [6.07, 6.45) is 4.41. The van der Waals surface area contributed by atoms with Crippen molar-refractivity contribution < 1.29 is 14.3 Å². The number of ether oxygens (including phenoxy) is 2. The van der Waals surface area contributed by atoms with Crippen molar-refractivity contribution in [3.8, 4) is 0 Å². The van der Waals surface area contributed by atoms with Crippen molar-refractivity contribution in [3.05, 3.63) is 37.3 Å². The van der Waals surface area contributed by atoms with E-state index in [2.05, 4.69) is 13.2 Å². The zero-order chi connectivity index (χ0) is 10.8. The van der Waals surface area contributed by atoms with Gasteiger partial charge in [-0.3, -0.25) is 4.79 Å². The van der Waals surface area contributed by atoms with E-state index in [0.717, 1.165) is 0 Å². The van der Waals surface area contributed by atoms with E-state index in [4.69, 9.17) is 15.2 Å². The summed E-state index contributed by atoms with van der Waals surface area (Å²) >= 11 is 0. The summed E-state index contributed by atoms with van der Waals surface area (Å²) in [7, 11) is 0. The Morgan fingerprint density at radius 1 is 1.29 bits per heavy atom. The number of nitrogens with two attached hydrogens (primary N) is 1. The maximum absolute atomic E-state index is 11.0. The van der Waals surface area contributed by atoms with E-state index < -0.39 is 5.97 Å². The summed E-state index contributed by atoms with van der Waals surface area (Å²) in [4.78, 5) is 11.0. The molecule has 0 aliphatic heterocycles. The highest BCUT2D eigenvalue weighted by Gasteiger charge is 2.03. The van der Waals surface area contributed by atoms with Crippen molar-refractivity contribution in [1.82, 2.24) is 0 Å². The zero-order valence-electron chi connectivity index (χ0n) is 8.07. The van der Waals surface area contributed by atoms with Gasteiger partial charge in [0.15, 0.2) is 0 Å². The van der Waals surface area contributed by atoms with Crippen LogP contribution in [-0.4, -0.2) is 19.2 Å². The van der Waals surface area contributed by atoms with Crippen molar-refractivity contribution in [2.24, 2.45) is 5.73 Å². The van der Waals surface area contributed by atoms with E-state index in [-0.39, 0.29) is 13.0 Å². The molecule has 0 fully saturated rings. The van der Waals surface area contributed by atoms with Crippen LogP contribution in [0.4, 0.5) is 0 Å². The molecule has 14 heavy (non-hydrogen) atoms. The van der Waals surface area contributed by atoms with Gasteiger partial charge in [0.1, 0.15) is 19.5 Å². The van der Waals surface area contributed by atoms with Crippen LogP contribution in [0.3, 0.4) is 0 Å². The van der Waals surface area contributed by atoms with Gasteiger partial charge in [-0.05, 0) is 0 Å². The molecule has 0 aromatic heterocycles. The fourth-order valence-corrected chi connectivity index (χ4v) is 0.634. The van der Waals surface area contributed by atoms with Crippen molar-refractivity contribution in [3.63, 3.8) is 0 Å². The van der Waals surface area contributed by atoms with Crippen molar-refractivity contribution in [2.45, 2.75) is 6.42 Å². The molecule has 0 saturated heterocycles. The molecule has 0 saturated carbocycles. The van der Waals surface area contributed by atoms with E-state index in [1.807, 2.05) is 0 Å². The summed E-state index contributed by atoms with van der Waals surface area (Å²) in [5, 5.41) is 0. The van der Waals surface area contributed by atoms with Gasteiger partial charge in [0.25, 0.3) is 0 Å². The maximum atomic E-state index is 11.0. The molecule has 0 aromatic carbocycles. The SMILES string of the molecule is C=CCO/C=C(/N)CC(=O)OCC=C. The predicted octanol–water partition coefficient (Wildman–Crippen LogP) is 1.11. The molecule has 78 valence electrons. The van der Waals surface area contributed by atoms with Gasteiger partial charge in [0, 0.05) is 0 Å². The second kappa shape index (κ2) is 7.91. The highest BCUT2D eigenvalue weighted by Crippen LogP contribution is 1.96. The Morgan fingerprint density at radius 2 is 1.93 bits per heavy atom. The number of carbonyl (C=O) groups is 1. The summed E-state index contributed by atoms with van der Waals surface area (Å²) in [5.74, 6) is -0.402. The Balaban J connectivity index is 3.73. The molecule has 0 unspecified atom stereocenters. The molecule has 2 N–H and O–H groups in total. The van der Waals surface area contributed by atoms with Crippen LogP contribution < -0.4 is 5.73 Å². The second-order valence-corrected chi connectivity index (χ2v) is 2.46. The molecule has 0 aliphatic rings. The quantitative estimate of drug-likeness (QED) is 0.287. The highest BCUT2D eigenvalue weighted by molar-refractivity contribution is 5.72. The number of hydrogen-bond acceptors (Lipinski definition) is 4. The third kappa shape index (κ3) is 6.97. The maximum Gasteiger partial charge on any atom is 0.312 e. The van der Waals surface area contributed by atoms with Crippen molar-refractivity contribution >= 4 is 5.97 Å². The molecule has 0 heterocycles. The molecule has 0 rings (SSSR count). The minimum atomic E-state index is -0.402. The Morgan fingerprint density at radius 3 is 2.50 bits per heavy atom. The molecule has 0 aliphatic carbocycles. The summed E-state index contributed by atoms with van der Waals surface area (Å²) in [5.41, 5.74) is 5.78. The van der Waals surface area contributed by atoms with Crippen LogP contribution in [0.5, 0.6) is 0 Å². The fourth-order valence-electron chi connectivity index (χ4n) is 0.634. The van der Waals surface area contributed by atoms with E-state index in [0.29, 0.717) is 12.3 Å². The van der Waals surface area contributed by atoms with E-state index in [1.54, 1.807) is 6.08 Å². The molecule has 0 spiro atoms. The van der Waals surface area contributed by atoms with Gasteiger partial charge < -0.3 is 15.2 Å². The van der Waals surface area contributed by atoms with Gasteiger partial charge in [-0.15, -0.1) is 0 Å². The lowest BCUT2D eigenvalue weighted by molar-refractivity contribution is -0.141. The Hall–Kier alpha value is -1.71. The first-order valence-corrected chi connectivity index (χ1v) is 4.14. The molecule has 4 nitrogen and oxygen atoms in total. The van der Waals surface area contributed by atoms with Gasteiger partial charge in [-0.1, -0.05) is 25.3 Å². The third-order valence-electron chi connectivity index (χ3n) is 1.16. The fraction of sp³-hybridized carbons (Fsp3) is 0.300. The van der Waals surface area contributed by atoms with Gasteiger partial charge in [-0.2, -0.15) is 0 Å². The van der Waals surface area contributed by atoms with E-state index in [9.17, 15) is 4.79 Å². The lowest BCUT2D eigenvalue weighted by Gasteiger charge is -2.02. The van der Waals surface area contributed by atoms with Crippen molar-refractivity contribution in [1.29, 1.82) is 0 Å². The zero-order valence-corrected chi connectivity index (χ0v) is 8.07. The van der Waals surface area contributed by atoms with Crippen LogP contribution in [0, 0.1) is 0 Å². The first-order valence-electron chi connectivity index (χ1n) is 4.14. The average molecular weight is 197 g/mol. The Labute approximate surface area is 83.7 Å². The average Bonchev–Trinajstić information content (AvgIpc) is 2.15. The molecule has 0 bridgehead atoms. The highest BCUT2D eigenvalue weighted by atomic mass is 16.5. The molecule has 0 atom stereocenters. The molecule has 0 amide bonds. The first kappa shape index (κ1) is 12.3. The largest absolute Gasteiger partial charge is 0.495 e. The monoisotopic (exact) mass is 197 g/mol. The Kier molecular flexibility index (Phi) is 6.95. The summed E-state index contributed by atoms with van der Waals surface area (Å²) in [6.45, 7) is 7.43. The number of carbonyl (C=O) groups excluding carboxylic acids is 1. The van der Waals surface area contributed by atoms with Crippen molar-refractivity contribution in [2.75, 3.05) is 13.2 Å². The van der Waals surface area contributed by atoms with Crippen LogP contribution in [0.15, 0.2) is 37.3 Å². The molecular weight excluding hydrogens is 182 g/mol. The van der Waals surface area contributed by atoms with Gasteiger partial charge in [0.2, 0.25) is 0 Å². The van der Waals surface area contributed by atoms with Gasteiger partial charge in [0.05, 0.1) is 12.1 Å². The van der Waals surface area contributed by atoms with Crippen LogP contribution in [0.25, 0.3) is 0 Å². The molecule has 0 aromatic rings. The normalized spacial score (nSPS) is 10.4. The topological polar surface area (TPSA) is 61.5 Å². The van der Waals surface area contributed by atoms with Crippen LogP contribution in [0.1, 0.15) is 6.42 Å². The van der Waals surface area contributed by atoms with E-state index >= 15 is 0 Å². The van der Waals surface area contributed by atoms with Gasteiger partial charge >= 0.3 is 5.97 Å². The Bertz CT molecular complexity index is 234. The molecule has 4 heteroatoms. The molecular formula is C10H15NO3. The minimum Gasteiger partial charge on any atom is -0.495 e. The summed E-state index contributed by atoms with van der Waals surface area (Å²) < 4.78 is 9.63. The standard InChI is InChI=1S/C10H15NO3/c1-3-5-13-8-9(11)7-10(12)14-6-4-2/h3-4,8H,1-2,5-7,11H2/b9-8+. The predicted molar refractivity (Wildman–Crippen MR) is 54.2 cm³/mol. The second-order valence-electron chi connectivity index (χ2n) is 2.46. The molecule has 0 radical (unpaired) electrons. The lowest BCUT2D eigenvalue weighted by Crippen LogP contribution is -2.10. The van der Waals surface area contributed by atoms with Crippen LogP contribution in [-0.2, 0) is 14.3 Å². The number of hydrogen-bond donors (Lipinski definition) is 1. The smallest absolute Gasteiger partial charge is 0.312 e. The minimum absolute atomic E-state index is 0.0188. The van der Waals surface area contributed by atoms with E-state index in [1.165, 1.54) is 12.3 Å². The number of rotatable bonds is 7. The van der Waals surface area contributed by atoms with Crippen LogP contribution >= 0.6 is 0 Å². The third-order valence-corrected chi connectivity index (χ3v) is 1.16. The first-order chi connectivity index (χ1) is 6.70. The van der Waals surface area contributed by atoms with Crippen LogP contribution in [0.2, 0.25) is 0 Å². The van der Waals surface area contributed by atoms with Gasteiger partial charge in [-0.25, -0.2) is 0 Å². The summed E-state index contributed by atoms with van der Waals surface area (Å²) in [6, 6.07) is 0. The lowest BCUT2D eigenvalue weighted by atomic mass is 10.3.